The SMILES string of the molecule is CC(C)NC(=O)c1cc2nc(-c3cc(-c4cnn(C5CCNCC5)c4)cnc3N)oc2cc1O.O=C(O)C(F)(F)F. The number of phenolic OH excluding ortho intramolecular Hbond substituents is 1. The number of hydrogen-bond donors (Lipinski definition) is 5. The van der Waals surface area contributed by atoms with Crippen LogP contribution in [0.25, 0.3) is 33.7 Å². The minimum atomic E-state index is -5.08. The predicted octanol–water partition coefficient (Wildman–Crippen LogP) is 3.74. The van der Waals surface area contributed by atoms with Crippen LogP contribution in [-0.4, -0.2) is 67.1 Å². The number of hydrogen-bond acceptors (Lipinski definition) is 9. The first-order valence-corrected chi connectivity index (χ1v) is 12.6. The molecule has 4 aromatic rings. The van der Waals surface area contributed by atoms with Crippen molar-refractivity contribution in [3.8, 4) is 28.3 Å². The third kappa shape index (κ3) is 6.92. The summed E-state index contributed by atoms with van der Waals surface area (Å²) in [5.41, 5.74) is 9.35. The number of alkyl halides is 3. The summed E-state index contributed by atoms with van der Waals surface area (Å²) in [6, 6.07) is 5.07. The van der Waals surface area contributed by atoms with Crippen LogP contribution in [0.1, 0.15) is 43.1 Å². The number of fused-ring (bicyclic) bond motifs is 1. The quantitative estimate of drug-likeness (QED) is 0.235. The first-order chi connectivity index (χ1) is 19.3. The molecule has 5 rings (SSSR count). The minimum absolute atomic E-state index is 0.0665. The monoisotopic (exact) mass is 575 g/mol. The number of nitrogens with one attached hydrogen (secondary N) is 2. The molecular formula is C26H28F3N7O5. The fourth-order valence-electron chi connectivity index (χ4n) is 4.16. The van der Waals surface area contributed by atoms with E-state index in [2.05, 4.69) is 25.7 Å². The zero-order chi connectivity index (χ0) is 29.9. The number of pyridine rings is 1. The summed E-state index contributed by atoms with van der Waals surface area (Å²) in [6.45, 7) is 5.67. The van der Waals surface area contributed by atoms with Gasteiger partial charge < -0.3 is 31.0 Å². The Labute approximate surface area is 231 Å². The van der Waals surface area contributed by atoms with Gasteiger partial charge in [-0.05, 0) is 51.9 Å². The van der Waals surface area contributed by atoms with Gasteiger partial charge in [0.05, 0.1) is 23.4 Å². The fourth-order valence-corrected chi connectivity index (χ4v) is 4.16. The van der Waals surface area contributed by atoms with Crippen molar-refractivity contribution >= 4 is 28.8 Å². The topological polar surface area (TPSA) is 181 Å². The summed E-state index contributed by atoms with van der Waals surface area (Å²) in [5.74, 6) is -2.80. The molecule has 0 spiro atoms. The van der Waals surface area contributed by atoms with E-state index in [1.54, 1.807) is 6.20 Å². The van der Waals surface area contributed by atoms with Gasteiger partial charge in [-0.25, -0.2) is 14.8 Å². The number of nitrogens with two attached hydrogens (primary N) is 1. The Balaban J connectivity index is 0.000000493. The normalized spacial score (nSPS) is 14.1. The number of nitrogens with zero attached hydrogens (tertiary/aromatic N) is 4. The summed E-state index contributed by atoms with van der Waals surface area (Å²) < 4.78 is 39.6. The molecule has 41 heavy (non-hydrogen) atoms. The fraction of sp³-hybridized carbons (Fsp3) is 0.346. The summed E-state index contributed by atoms with van der Waals surface area (Å²) >= 11 is 0. The molecule has 0 saturated carbocycles. The highest BCUT2D eigenvalue weighted by molar-refractivity contribution is 6.00. The summed E-state index contributed by atoms with van der Waals surface area (Å²) in [4.78, 5) is 30.1. The van der Waals surface area contributed by atoms with Gasteiger partial charge in [-0.3, -0.25) is 9.48 Å². The first kappa shape index (κ1) is 29.3. The highest BCUT2D eigenvalue weighted by atomic mass is 19.4. The number of benzene rings is 1. The lowest BCUT2D eigenvalue weighted by molar-refractivity contribution is -0.192. The standard InChI is InChI=1S/C24H27N7O3.C2HF3O2/c1-13(2)29-23(33)17-8-19-21(9-20(17)32)34-24(30-19)18-7-14(10-27-22(18)25)15-11-28-31(12-15)16-3-5-26-6-4-16;3-2(4,5)1(6)7/h7-13,16,26,32H,3-6H2,1-2H3,(H2,25,27)(H,29,33);(H,6,7). The largest absolute Gasteiger partial charge is 0.507 e. The maximum absolute atomic E-state index is 12.4. The second-order valence-electron chi connectivity index (χ2n) is 9.63. The van der Waals surface area contributed by atoms with Crippen LogP contribution in [0.2, 0.25) is 0 Å². The lowest BCUT2D eigenvalue weighted by atomic mass is 10.1. The van der Waals surface area contributed by atoms with Gasteiger partial charge in [-0.15, -0.1) is 0 Å². The molecular weight excluding hydrogens is 547 g/mol. The number of amides is 1. The average Bonchev–Trinajstić information content (AvgIpc) is 3.56. The number of rotatable bonds is 5. The number of nitrogen functional groups attached to an aromatic ring is 1. The maximum Gasteiger partial charge on any atom is 0.490 e. The number of phenols is 1. The van der Waals surface area contributed by atoms with Crippen LogP contribution in [0.3, 0.4) is 0 Å². The molecule has 0 unspecified atom stereocenters. The highest BCUT2D eigenvalue weighted by Gasteiger charge is 2.38. The molecule has 1 aliphatic heterocycles. The van der Waals surface area contributed by atoms with Crippen molar-refractivity contribution in [2.24, 2.45) is 0 Å². The van der Waals surface area contributed by atoms with Crippen LogP contribution in [0.5, 0.6) is 5.75 Å². The van der Waals surface area contributed by atoms with E-state index in [1.165, 1.54) is 12.1 Å². The molecule has 0 aliphatic carbocycles. The van der Waals surface area contributed by atoms with Gasteiger partial charge in [0.1, 0.15) is 17.1 Å². The van der Waals surface area contributed by atoms with Gasteiger partial charge in [0, 0.05) is 35.6 Å². The second-order valence-corrected chi connectivity index (χ2v) is 9.63. The number of piperidine rings is 1. The van der Waals surface area contributed by atoms with E-state index in [9.17, 15) is 23.1 Å². The predicted molar refractivity (Wildman–Crippen MR) is 142 cm³/mol. The van der Waals surface area contributed by atoms with E-state index in [0.717, 1.165) is 37.1 Å². The van der Waals surface area contributed by atoms with Crippen molar-refractivity contribution in [1.29, 1.82) is 0 Å². The van der Waals surface area contributed by atoms with Crippen LogP contribution in [0.15, 0.2) is 41.2 Å². The molecule has 0 atom stereocenters. The number of anilines is 1. The van der Waals surface area contributed by atoms with Crippen molar-refractivity contribution in [2.75, 3.05) is 18.8 Å². The molecule has 1 aromatic carbocycles. The zero-order valence-electron chi connectivity index (χ0n) is 22.1. The number of carboxylic acid groups (broad SMARTS) is 1. The molecule has 218 valence electrons. The minimum Gasteiger partial charge on any atom is -0.507 e. The lowest BCUT2D eigenvalue weighted by Gasteiger charge is -2.22. The van der Waals surface area contributed by atoms with Crippen molar-refractivity contribution < 1.29 is 37.4 Å². The van der Waals surface area contributed by atoms with E-state index in [4.69, 9.17) is 20.1 Å². The number of halogens is 3. The number of carbonyl (C=O) groups excluding carboxylic acids is 1. The van der Waals surface area contributed by atoms with Crippen LogP contribution in [-0.2, 0) is 4.79 Å². The lowest BCUT2D eigenvalue weighted by Crippen LogP contribution is -2.30. The number of carbonyl (C=O) groups is 2. The van der Waals surface area contributed by atoms with E-state index in [0.29, 0.717) is 22.7 Å². The van der Waals surface area contributed by atoms with Crippen molar-refractivity contribution in [3.63, 3.8) is 0 Å². The van der Waals surface area contributed by atoms with Crippen molar-refractivity contribution in [3.05, 3.63) is 42.4 Å². The number of carboxylic acids is 1. The number of aliphatic carboxylic acids is 1. The third-order valence-electron chi connectivity index (χ3n) is 6.18. The molecule has 1 fully saturated rings. The van der Waals surface area contributed by atoms with Gasteiger partial charge in [-0.2, -0.15) is 18.3 Å². The molecule has 0 radical (unpaired) electrons. The van der Waals surface area contributed by atoms with Gasteiger partial charge >= 0.3 is 12.1 Å². The van der Waals surface area contributed by atoms with Crippen molar-refractivity contribution in [1.82, 2.24) is 30.4 Å². The Hall–Kier alpha value is -4.66. The molecule has 1 aliphatic rings. The van der Waals surface area contributed by atoms with E-state index >= 15 is 0 Å². The van der Waals surface area contributed by atoms with E-state index in [-0.39, 0.29) is 35.0 Å². The van der Waals surface area contributed by atoms with Crippen LogP contribution >= 0.6 is 0 Å². The summed E-state index contributed by atoms with van der Waals surface area (Å²) in [7, 11) is 0. The molecule has 12 nitrogen and oxygen atoms in total. The molecule has 6 N–H and O–H groups in total. The molecule has 4 heterocycles. The van der Waals surface area contributed by atoms with Crippen LogP contribution in [0.4, 0.5) is 19.0 Å². The van der Waals surface area contributed by atoms with Gasteiger partial charge in [0.15, 0.2) is 5.58 Å². The van der Waals surface area contributed by atoms with Gasteiger partial charge in [0.25, 0.3) is 5.91 Å². The Morgan fingerprint density at radius 1 is 1.17 bits per heavy atom. The number of aromatic hydroxyl groups is 1. The van der Waals surface area contributed by atoms with Gasteiger partial charge in [-0.1, -0.05) is 0 Å². The maximum atomic E-state index is 12.4. The summed E-state index contributed by atoms with van der Waals surface area (Å²) in [6.07, 6.45) is 2.55. The van der Waals surface area contributed by atoms with E-state index < -0.39 is 12.1 Å². The average molecular weight is 576 g/mol. The van der Waals surface area contributed by atoms with Crippen LogP contribution < -0.4 is 16.4 Å². The Bertz CT molecular complexity index is 1560. The number of aromatic nitrogens is 4. The van der Waals surface area contributed by atoms with Crippen molar-refractivity contribution in [2.45, 2.75) is 44.9 Å². The van der Waals surface area contributed by atoms with Crippen LogP contribution in [0, 0.1) is 0 Å². The molecule has 0 bridgehead atoms. The molecule has 3 aromatic heterocycles. The molecule has 15 heteroatoms. The summed E-state index contributed by atoms with van der Waals surface area (Å²) in [5, 5.41) is 28.1. The second kappa shape index (κ2) is 11.8. The number of oxazole rings is 1. The smallest absolute Gasteiger partial charge is 0.490 e. The van der Waals surface area contributed by atoms with Gasteiger partial charge in [0.2, 0.25) is 5.89 Å². The Kier molecular flexibility index (Phi) is 8.47. The Morgan fingerprint density at radius 3 is 2.49 bits per heavy atom. The van der Waals surface area contributed by atoms with E-state index in [1.807, 2.05) is 37.0 Å². The Morgan fingerprint density at radius 2 is 1.85 bits per heavy atom. The zero-order valence-corrected chi connectivity index (χ0v) is 22.1. The third-order valence-corrected chi connectivity index (χ3v) is 6.18. The molecule has 1 saturated heterocycles. The first-order valence-electron chi connectivity index (χ1n) is 12.6. The highest BCUT2D eigenvalue weighted by Crippen LogP contribution is 2.34. The molecule has 1 amide bonds.